The Balaban J connectivity index is 1.56. The van der Waals surface area contributed by atoms with Gasteiger partial charge in [-0.2, -0.15) is 13.2 Å². The van der Waals surface area contributed by atoms with E-state index in [4.69, 9.17) is 16.3 Å². The summed E-state index contributed by atoms with van der Waals surface area (Å²) in [6, 6.07) is 27.6. The Kier molecular flexibility index (Phi) is 6.78. The van der Waals surface area contributed by atoms with Crippen molar-refractivity contribution in [2.24, 2.45) is 0 Å². The zero-order chi connectivity index (χ0) is 26.9. The number of carbonyl (C=O) groups excluding carboxylic acids is 2. The maximum absolute atomic E-state index is 13.7. The quantitative estimate of drug-likeness (QED) is 0.183. The van der Waals surface area contributed by atoms with Gasteiger partial charge in [0, 0.05) is 10.6 Å². The molecule has 0 unspecified atom stereocenters. The van der Waals surface area contributed by atoms with Crippen LogP contribution in [0.1, 0.15) is 27.6 Å². The second-order valence-corrected chi connectivity index (χ2v) is 9.00. The number of carbonyl (C=O) groups is 2. The van der Waals surface area contributed by atoms with E-state index in [0.29, 0.717) is 16.3 Å². The van der Waals surface area contributed by atoms with Gasteiger partial charge in [-0.3, -0.25) is 4.79 Å². The van der Waals surface area contributed by atoms with E-state index in [0.717, 1.165) is 22.9 Å². The van der Waals surface area contributed by atoms with E-state index in [1.54, 1.807) is 54.6 Å². The van der Waals surface area contributed by atoms with E-state index < -0.39 is 35.4 Å². The molecule has 5 aromatic rings. The van der Waals surface area contributed by atoms with Crippen LogP contribution >= 0.6 is 11.6 Å². The number of alkyl halides is 3. The van der Waals surface area contributed by atoms with Crippen LogP contribution in [0.4, 0.5) is 18.9 Å². The third-order valence-corrected chi connectivity index (χ3v) is 6.32. The Labute approximate surface area is 220 Å². The summed E-state index contributed by atoms with van der Waals surface area (Å²) in [5, 5.41) is 5.00. The summed E-state index contributed by atoms with van der Waals surface area (Å²) in [6.45, 7) is 0. The van der Waals surface area contributed by atoms with Gasteiger partial charge in [-0.25, -0.2) is 4.79 Å². The van der Waals surface area contributed by atoms with Gasteiger partial charge in [-0.15, -0.1) is 0 Å². The smallest absolute Gasteiger partial charge is 0.418 e. The number of fused-ring (bicyclic) bond motifs is 2. The van der Waals surface area contributed by atoms with Gasteiger partial charge in [0.15, 0.2) is 0 Å². The Morgan fingerprint density at radius 1 is 0.763 bits per heavy atom. The lowest BCUT2D eigenvalue weighted by molar-refractivity contribution is -0.137. The summed E-state index contributed by atoms with van der Waals surface area (Å²) < 4.78 is 46.7. The van der Waals surface area contributed by atoms with Gasteiger partial charge < -0.3 is 10.1 Å². The molecule has 1 N–H and O–H groups in total. The first-order valence-electron chi connectivity index (χ1n) is 11.6. The molecule has 0 fully saturated rings. The fraction of sp³-hybridized carbons (Fsp3) is 0.0667. The molecule has 190 valence electrons. The van der Waals surface area contributed by atoms with Crippen molar-refractivity contribution in [2.45, 2.75) is 12.3 Å². The van der Waals surface area contributed by atoms with Gasteiger partial charge in [0.2, 0.25) is 6.10 Å². The fourth-order valence-corrected chi connectivity index (χ4v) is 4.53. The first-order valence-corrected chi connectivity index (χ1v) is 11.9. The highest BCUT2D eigenvalue weighted by molar-refractivity contribution is 6.30. The predicted molar refractivity (Wildman–Crippen MR) is 141 cm³/mol. The van der Waals surface area contributed by atoms with Gasteiger partial charge in [0.25, 0.3) is 5.91 Å². The molecule has 4 nitrogen and oxygen atoms in total. The van der Waals surface area contributed by atoms with Crippen molar-refractivity contribution in [3.8, 4) is 0 Å². The summed E-state index contributed by atoms with van der Waals surface area (Å²) in [5.74, 6) is -1.73. The normalized spacial score (nSPS) is 12.3. The SMILES string of the molecule is O=C(O[C@H](C(=O)Nc1ccc(Cl)cc1C(F)(F)F)c1ccccc1)c1c2ccccc2cc2ccccc12. The summed E-state index contributed by atoms with van der Waals surface area (Å²) in [4.78, 5) is 27.1. The molecule has 0 spiro atoms. The summed E-state index contributed by atoms with van der Waals surface area (Å²) >= 11 is 5.77. The molecule has 0 heterocycles. The number of hydrogen-bond donors (Lipinski definition) is 1. The topological polar surface area (TPSA) is 55.4 Å². The van der Waals surface area contributed by atoms with Crippen molar-refractivity contribution in [3.05, 3.63) is 125 Å². The van der Waals surface area contributed by atoms with Crippen molar-refractivity contribution in [1.82, 2.24) is 0 Å². The lowest BCUT2D eigenvalue weighted by Crippen LogP contribution is -2.27. The number of hydrogen-bond acceptors (Lipinski definition) is 3. The van der Waals surface area contributed by atoms with E-state index >= 15 is 0 Å². The number of anilines is 1. The van der Waals surface area contributed by atoms with Crippen LogP contribution in [0.3, 0.4) is 0 Å². The summed E-state index contributed by atoms with van der Waals surface area (Å²) in [5.41, 5.74) is -1.06. The second-order valence-electron chi connectivity index (χ2n) is 8.57. The van der Waals surface area contributed by atoms with E-state index in [2.05, 4.69) is 5.32 Å². The minimum Gasteiger partial charge on any atom is -0.444 e. The fourth-order valence-electron chi connectivity index (χ4n) is 4.36. The van der Waals surface area contributed by atoms with Crippen LogP contribution in [-0.4, -0.2) is 11.9 Å². The highest BCUT2D eigenvalue weighted by Gasteiger charge is 2.35. The summed E-state index contributed by atoms with van der Waals surface area (Å²) in [6.07, 6.45) is -6.30. The van der Waals surface area contributed by atoms with Crippen LogP contribution in [0, 0.1) is 0 Å². The molecule has 5 aromatic carbocycles. The predicted octanol–water partition coefficient (Wildman–Crippen LogP) is 8.20. The Hall–Kier alpha value is -4.36. The Morgan fingerprint density at radius 3 is 1.95 bits per heavy atom. The molecule has 0 aliphatic carbocycles. The third-order valence-electron chi connectivity index (χ3n) is 6.09. The van der Waals surface area contributed by atoms with Crippen molar-refractivity contribution in [3.63, 3.8) is 0 Å². The molecule has 0 aromatic heterocycles. The number of esters is 1. The molecule has 1 amide bonds. The highest BCUT2D eigenvalue weighted by atomic mass is 35.5. The molecular weight excluding hydrogens is 515 g/mol. The number of nitrogens with one attached hydrogen (secondary N) is 1. The molecule has 0 saturated heterocycles. The van der Waals surface area contributed by atoms with Gasteiger partial charge >= 0.3 is 12.1 Å². The molecule has 0 saturated carbocycles. The molecule has 0 aliphatic heterocycles. The first kappa shape index (κ1) is 25.3. The van der Waals surface area contributed by atoms with E-state index in [-0.39, 0.29) is 10.6 Å². The number of halogens is 4. The molecule has 0 bridgehead atoms. The molecule has 0 radical (unpaired) electrons. The number of ether oxygens (including phenoxy) is 1. The molecule has 8 heteroatoms. The second kappa shape index (κ2) is 10.2. The van der Waals surface area contributed by atoms with Crippen LogP contribution in [0.5, 0.6) is 0 Å². The van der Waals surface area contributed by atoms with Crippen LogP contribution in [0.15, 0.2) is 103 Å². The van der Waals surface area contributed by atoms with Crippen molar-refractivity contribution in [1.29, 1.82) is 0 Å². The minimum absolute atomic E-state index is 0.135. The molecular formula is C30H19ClF3NO3. The maximum Gasteiger partial charge on any atom is 0.418 e. The standard InChI is InChI=1S/C30H19ClF3NO3/c31-21-14-15-25(24(17-21)30(32,33)34)35-28(36)27(18-8-2-1-3-9-18)38-29(37)26-22-12-6-4-10-19(22)16-20-11-5-7-13-23(20)26/h1-17,27H,(H,35,36)/t27-/m0/s1. The average Bonchev–Trinajstić information content (AvgIpc) is 2.91. The Morgan fingerprint density at radius 2 is 1.34 bits per heavy atom. The third kappa shape index (κ3) is 5.06. The zero-order valence-electron chi connectivity index (χ0n) is 19.6. The largest absolute Gasteiger partial charge is 0.444 e. The van der Waals surface area contributed by atoms with E-state index in [1.165, 1.54) is 6.07 Å². The lowest BCUT2D eigenvalue weighted by Gasteiger charge is -2.21. The first-order chi connectivity index (χ1) is 18.2. The lowest BCUT2D eigenvalue weighted by atomic mass is 9.97. The number of amides is 1. The molecule has 38 heavy (non-hydrogen) atoms. The minimum atomic E-state index is -4.77. The Bertz CT molecular complexity index is 1610. The van der Waals surface area contributed by atoms with Gasteiger partial charge in [-0.05, 0) is 45.8 Å². The van der Waals surface area contributed by atoms with Gasteiger partial charge in [0.1, 0.15) is 0 Å². The highest BCUT2D eigenvalue weighted by Crippen LogP contribution is 2.37. The molecule has 0 aliphatic rings. The van der Waals surface area contributed by atoms with E-state index in [9.17, 15) is 22.8 Å². The van der Waals surface area contributed by atoms with Crippen LogP contribution < -0.4 is 5.32 Å². The maximum atomic E-state index is 13.7. The van der Waals surface area contributed by atoms with E-state index in [1.807, 2.05) is 30.3 Å². The average molecular weight is 534 g/mol. The van der Waals surface area contributed by atoms with Crippen LogP contribution in [0.2, 0.25) is 5.02 Å². The van der Waals surface area contributed by atoms with Gasteiger partial charge in [-0.1, -0.05) is 90.5 Å². The monoisotopic (exact) mass is 533 g/mol. The van der Waals surface area contributed by atoms with Crippen molar-refractivity contribution in [2.75, 3.05) is 5.32 Å². The van der Waals surface area contributed by atoms with Gasteiger partial charge in [0.05, 0.1) is 16.8 Å². The van der Waals surface area contributed by atoms with Crippen LogP contribution in [0.25, 0.3) is 21.5 Å². The van der Waals surface area contributed by atoms with Crippen molar-refractivity contribution < 1.29 is 27.5 Å². The number of benzene rings is 5. The molecule has 1 atom stereocenters. The number of rotatable bonds is 5. The zero-order valence-corrected chi connectivity index (χ0v) is 20.4. The summed E-state index contributed by atoms with van der Waals surface area (Å²) in [7, 11) is 0. The van der Waals surface area contributed by atoms with Crippen molar-refractivity contribution >= 4 is 50.7 Å². The van der Waals surface area contributed by atoms with Crippen LogP contribution in [-0.2, 0) is 15.7 Å². The molecule has 5 rings (SSSR count).